The Balaban J connectivity index is 1.42. The maximum absolute atomic E-state index is 12.9. The molecule has 1 aromatic carbocycles. The maximum atomic E-state index is 12.9. The van der Waals surface area contributed by atoms with E-state index in [1.807, 2.05) is 69.0 Å². The number of aromatic nitrogens is 4. The lowest BCUT2D eigenvalue weighted by atomic mass is 10.0. The van der Waals surface area contributed by atoms with Crippen molar-refractivity contribution in [3.8, 4) is 5.82 Å². The molecule has 0 N–H and O–H groups in total. The first-order valence-electron chi connectivity index (χ1n) is 9.91. The molecule has 0 unspecified atom stereocenters. The fourth-order valence-corrected chi connectivity index (χ4v) is 3.74. The van der Waals surface area contributed by atoms with Crippen molar-refractivity contribution >= 4 is 11.7 Å². The second kappa shape index (κ2) is 7.66. The average molecular weight is 390 g/mol. The van der Waals surface area contributed by atoms with Gasteiger partial charge in [-0.15, -0.1) is 10.2 Å². The van der Waals surface area contributed by atoms with E-state index < -0.39 is 0 Å². The summed E-state index contributed by atoms with van der Waals surface area (Å²) in [5.74, 6) is 1.65. The fraction of sp³-hybridized carbons (Fsp3) is 0.364. The van der Waals surface area contributed by atoms with Gasteiger partial charge in [0.1, 0.15) is 0 Å². The molecule has 0 atom stereocenters. The van der Waals surface area contributed by atoms with E-state index in [2.05, 4.69) is 20.2 Å². The smallest absolute Gasteiger partial charge is 0.254 e. The van der Waals surface area contributed by atoms with Gasteiger partial charge in [0.05, 0.1) is 5.69 Å². The van der Waals surface area contributed by atoms with Crippen molar-refractivity contribution in [1.82, 2.24) is 24.9 Å². The maximum Gasteiger partial charge on any atom is 0.254 e. The first-order valence-corrected chi connectivity index (χ1v) is 9.91. The number of benzene rings is 1. The van der Waals surface area contributed by atoms with Crippen molar-refractivity contribution in [2.45, 2.75) is 27.7 Å². The van der Waals surface area contributed by atoms with Crippen LogP contribution in [-0.4, -0.2) is 57.0 Å². The summed E-state index contributed by atoms with van der Waals surface area (Å²) in [5.41, 5.74) is 4.91. The van der Waals surface area contributed by atoms with Crippen LogP contribution >= 0.6 is 0 Å². The molecule has 0 aliphatic carbocycles. The zero-order chi connectivity index (χ0) is 20.5. The van der Waals surface area contributed by atoms with E-state index in [4.69, 9.17) is 0 Å². The van der Waals surface area contributed by atoms with E-state index in [9.17, 15) is 4.79 Å². The predicted molar refractivity (Wildman–Crippen MR) is 113 cm³/mol. The molecule has 2 aromatic heterocycles. The van der Waals surface area contributed by atoms with Crippen molar-refractivity contribution in [1.29, 1.82) is 0 Å². The van der Waals surface area contributed by atoms with Gasteiger partial charge in [-0.05, 0) is 57.5 Å². The fourth-order valence-electron chi connectivity index (χ4n) is 3.74. The molecular weight excluding hydrogens is 364 g/mol. The largest absolute Gasteiger partial charge is 0.352 e. The number of aryl methyl sites for hydroxylation is 4. The Hall–Kier alpha value is -3.22. The van der Waals surface area contributed by atoms with Crippen molar-refractivity contribution < 1.29 is 4.79 Å². The number of carbonyl (C=O) groups excluding carboxylic acids is 1. The van der Waals surface area contributed by atoms with Gasteiger partial charge in [0.2, 0.25) is 0 Å². The number of carbonyl (C=O) groups is 1. The third kappa shape index (κ3) is 3.85. The molecule has 0 spiro atoms. The van der Waals surface area contributed by atoms with Crippen LogP contribution in [0.2, 0.25) is 0 Å². The number of nitrogens with zero attached hydrogens (tertiary/aromatic N) is 6. The van der Waals surface area contributed by atoms with E-state index in [0.29, 0.717) is 18.9 Å². The first-order chi connectivity index (χ1) is 13.9. The highest BCUT2D eigenvalue weighted by Crippen LogP contribution is 2.18. The predicted octanol–water partition coefficient (Wildman–Crippen LogP) is 2.86. The molecule has 0 saturated carbocycles. The van der Waals surface area contributed by atoms with Crippen molar-refractivity contribution in [3.63, 3.8) is 0 Å². The summed E-state index contributed by atoms with van der Waals surface area (Å²) in [7, 11) is 0. The number of hydrogen-bond donors (Lipinski definition) is 0. The summed E-state index contributed by atoms with van der Waals surface area (Å²) in [6.07, 6.45) is 0. The molecule has 4 rings (SSSR count). The van der Waals surface area contributed by atoms with Gasteiger partial charge in [-0.25, -0.2) is 4.68 Å². The van der Waals surface area contributed by atoms with Gasteiger partial charge in [0.25, 0.3) is 5.91 Å². The van der Waals surface area contributed by atoms with E-state index in [-0.39, 0.29) is 5.91 Å². The van der Waals surface area contributed by atoms with Gasteiger partial charge in [0, 0.05) is 37.4 Å². The van der Waals surface area contributed by atoms with Crippen LogP contribution in [0, 0.1) is 27.7 Å². The van der Waals surface area contributed by atoms with E-state index in [1.165, 1.54) is 0 Å². The van der Waals surface area contributed by atoms with Crippen molar-refractivity contribution in [3.05, 3.63) is 64.5 Å². The Kier molecular flexibility index (Phi) is 5.05. The molecule has 3 heterocycles. The minimum Gasteiger partial charge on any atom is -0.352 e. The lowest BCUT2D eigenvalue weighted by molar-refractivity contribution is 0.0745. The molecule has 7 heteroatoms. The molecule has 150 valence electrons. The highest BCUT2D eigenvalue weighted by molar-refractivity contribution is 5.96. The zero-order valence-corrected chi connectivity index (χ0v) is 17.4. The van der Waals surface area contributed by atoms with Crippen LogP contribution in [-0.2, 0) is 0 Å². The summed E-state index contributed by atoms with van der Waals surface area (Å²) < 4.78 is 1.80. The summed E-state index contributed by atoms with van der Waals surface area (Å²) >= 11 is 0. The van der Waals surface area contributed by atoms with Gasteiger partial charge in [-0.3, -0.25) is 4.79 Å². The highest BCUT2D eigenvalue weighted by atomic mass is 16.2. The minimum atomic E-state index is 0.108. The second-order valence-electron chi connectivity index (χ2n) is 7.69. The van der Waals surface area contributed by atoms with Crippen LogP contribution in [0.15, 0.2) is 36.4 Å². The monoisotopic (exact) mass is 390 g/mol. The third-order valence-corrected chi connectivity index (χ3v) is 5.38. The first kappa shape index (κ1) is 19.1. The summed E-state index contributed by atoms with van der Waals surface area (Å²) in [6, 6.07) is 12.0. The van der Waals surface area contributed by atoms with Gasteiger partial charge in [-0.2, -0.15) is 5.10 Å². The van der Waals surface area contributed by atoms with E-state index >= 15 is 0 Å². The number of hydrogen-bond acceptors (Lipinski definition) is 5. The second-order valence-corrected chi connectivity index (χ2v) is 7.69. The molecule has 3 aromatic rings. The zero-order valence-electron chi connectivity index (χ0n) is 17.4. The summed E-state index contributed by atoms with van der Waals surface area (Å²) in [5, 5.41) is 13.2. The lowest BCUT2D eigenvalue weighted by Crippen LogP contribution is -2.49. The normalized spacial score (nSPS) is 14.3. The Labute approximate surface area is 171 Å². The molecule has 1 aliphatic rings. The Morgan fingerprint density at radius 1 is 0.862 bits per heavy atom. The molecule has 1 aliphatic heterocycles. The standard InChI is InChI=1S/C22H26N6O/c1-15-5-6-16(2)19(13-15)22(29)27-11-9-26(10-12-27)20-7-8-21(24-23-20)28-18(4)14-17(3)25-28/h5-8,13-14H,9-12H2,1-4H3. The van der Waals surface area contributed by atoms with Crippen LogP contribution in [0.4, 0.5) is 5.82 Å². The molecule has 1 amide bonds. The Bertz CT molecular complexity index is 1030. The van der Waals surface area contributed by atoms with Crippen LogP contribution in [0.5, 0.6) is 0 Å². The van der Waals surface area contributed by atoms with Crippen LogP contribution < -0.4 is 4.90 Å². The lowest BCUT2D eigenvalue weighted by Gasteiger charge is -2.35. The Morgan fingerprint density at radius 2 is 1.55 bits per heavy atom. The van der Waals surface area contributed by atoms with E-state index in [0.717, 1.165) is 47.0 Å². The number of piperazine rings is 1. The van der Waals surface area contributed by atoms with Gasteiger partial charge < -0.3 is 9.80 Å². The molecule has 0 bridgehead atoms. The minimum absolute atomic E-state index is 0.108. The average Bonchev–Trinajstić information content (AvgIpc) is 3.07. The molecule has 7 nitrogen and oxygen atoms in total. The van der Waals surface area contributed by atoms with Crippen LogP contribution in [0.3, 0.4) is 0 Å². The molecule has 0 radical (unpaired) electrons. The number of rotatable bonds is 3. The van der Waals surface area contributed by atoms with Crippen molar-refractivity contribution in [2.75, 3.05) is 31.1 Å². The summed E-state index contributed by atoms with van der Waals surface area (Å²) in [6.45, 7) is 10.8. The molecule has 29 heavy (non-hydrogen) atoms. The van der Waals surface area contributed by atoms with Crippen LogP contribution in [0.25, 0.3) is 5.82 Å². The topological polar surface area (TPSA) is 67.2 Å². The molecule has 1 fully saturated rings. The van der Waals surface area contributed by atoms with Gasteiger partial charge in [-0.1, -0.05) is 17.7 Å². The van der Waals surface area contributed by atoms with Gasteiger partial charge in [0.15, 0.2) is 11.6 Å². The molecular formula is C22H26N6O. The third-order valence-electron chi connectivity index (χ3n) is 5.38. The summed E-state index contributed by atoms with van der Waals surface area (Å²) in [4.78, 5) is 17.0. The molecule has 1 saturated heterocycles. The van der Waals surface area contributed by atoms with E-state index in [1.54, 1.807) is 4.68 Å². The highest BCUT2D eigenvalue weighted by Gasteiger charge is 2.24. The van der Waals surface area contributed by atoms with Gasteiger partial charge >= 0.3 is 0 Å². The number of anilines is 1. The SMILES string of the molecule is Cc1ccc(C)c(C(=O)N2CCN(c3ccc(-n4nc(C)cc4C)nn3)CC2)c1. The van der Waals surface area contributed by atoms with Crippen molar-refractivity contribution in [2.24, 2.45) is 0 Å². The Morgan fingerprint density at radius 3 is 2.17 bits per heavy atom. The van der Waals surface area contributed by atoms with Crippen LogP contribution in [0.1, 0.15) is 32.9 Å². The quantitative estimate of drug-likeness (QED) is 0.688. The number of amides is 1.